The smallest absolute Gasteiger partial charge is 0.240 e. The summed E-state index contributed by atoms with van der Waals surface area (Å²) in [5, 5.41) is 10.4. The van der Waals surface area contributed by atoms with E-state index in [0.717, 1.165) is 31.6 Å². The number of ether oxygens (including phenoxy) is 2. The molecule has 0 spiro atoms. The quantitative estimate of drug-likeness (QED) is 0.835. The van der Waals surface area contributed by atoms with E-state index in [-0.39, 0.29) is 18.6 Å². The summed E-state index contributed by atoms with van der Waals surface area (Å²) in [5.74, 6) is 0.931. The second-order valence-electron chi connectivity index (χ2n) is 6.72. The monoisotopic (exact) mass is 348 g/mol. The molecular formula is C19H28N2O4. The minimum atomic E-state index is -0.613. The Hall–Kier alpha value is -1.63. The number of β-amino-alcohol motifs (C(OH)–C–C–N with tert-alkyl or cyclic N) is 1. The molecule has 2 unspecified atom stereocenters. The number of amides is 1. The van der Waals surface area contributed by atoms with E-state index in [1.807, 2.05) is 35.2 Å². The lowest BCUT2D eigenvalue weighted by Crippen LogP contribution is -2.55. The first-order valence-corrected chi connectivity index (χ1v) is 9.20. The number of rotatable bonds is 6. The van der Waals surface area contributed by atoms with Gasteiger partial charge in [-0.1, -0.05) is 24.6 Å². The van der Waals surface area contributed by atoms with Crippen molar-refractivity contribution in [1.29, 1.82) is 0 Å². The van der Waals surface area contributed by atoms with Crippen LogP contribution in [0.1, 0.15) is 19.3 Å². The second-order valence-corrected chi connectivity index (χ2v) is 6.72. The summed E-state index contributed by atoms with van der Waals surface area (Å²) in [6.45, 7) is 4.12. The van der Waals surface area contributed by atoms with E-state index in [1.54, 1.807) is 0 Å². The Kier molecular flexibility index (Phi) is 6.67. The Morgan fingerprint density at radius 3 is 2.72 bits per heavy atom. The van der Waals surface area contributed by atoms with Crippen molar-refractivity contribution in [3.63, 3.8) is 0 Å². The number of carbonyl (C=O) groups is 1. The molecule has 6 nitrogen and oxygen atoms in total. The Morgan fingerprint density at radius 1 is 1.20 bits per heavy atom. The molecule has 2 atom stereocenters. The predicted molar refractivity (Wildman–Crippen MR) is 94.6 cm³/mol. The van der Waals surface area contributed by atoms with Crippen molar-refractivity contribution in [2.45, 2.75) is 31.4 Å². The average Bonchev–Trinajstić information content (AvgIpc) is 2.68. The third kappa shape index (κ3) is 5.17. The number of aliphatic hydroxyl groups excluding tert-OH is 1. The van der Waals surface area contributed by atoms with Crippen molar-refractivity contribution in [2.75, 3.05) is 46.0 Å². The van der Waals surface area contributed by atoms with Crippen LogP contribution in [0.3, 0.4) is 0 Å². The molecule has 0 bridgehead atoms. The largest absolute Gasteiger partial charge is 0.491 e. The van der Waals surface area contributed by atoms with Crippen molar-refractivity contribution >= 4 is 5.91 Å². The second kappa shape index (κ2) is 9.17. The van der Waals surface area contributed by atoms with Crippen LogP contribution in [0, 0.1) is 0 Å². The molecule has 0 aromatic heterocycles. The summed E-state index contributed by atoms with van der Waals surface area (Å²) in [4.78, 5) is 16.9. The Morgan fingerprint density at radius 2 is 1.96 bits per heavy atom. The van der Waals surface area contributed by atoms with Gasteiger partial charge in [-0.15, -0.1) is 0 Å². The molecule has 1 aromatic carbocycles. The van der Waals surface area contributed by atoms with Crippen LogP contribution >= 0.6 is 0 Å². The first-order valence-electron chi connectivity index (χ1n) is 9.20. The number of aliphatic hydroxyl groups is 1. The number of benzene rings is 1. The molecule has 2 fully saturated rings. The molecule has 2 saturated heterocycles. The fraction of sp³-hybridized carbons (Fsp3) is 0.632. The lowest BCUT2D eigenvalue weighted by atomic mass is 10.00. The number of carbonyl (C=O) groups excluding carboxylic acids is 1. The fourth-order valence-electron chi connectivity index (χ4n) is 3.52. The van der Waals surface area contributed by atoms with E-state index in [2.05, 4.69) is 4.90 Å². The third-order valence-electron chi connectivity index (χ3n) is 4.85. The van der Waals surface area contributed by atoms with Gasteiger partial charge in [-0.2, -0.15) is 0 Å². The van der Waals surface area contributed by atoms with Gasteiger partial charge in [-0.3, -0.25) is 9.69 Å². The van der Waals surface area contributed by atoms with Crippen LogP contribution in [-0.4, -0.2) is 79.0 Å². The molecule has 6 heteroatoms. The standard InChI is InChI=1S/C19H28N2O4/c22-16(15-25-17-6-2-1-3-7-17)14-21-9-5-4-8-18(21)19(23)20-10-12-24-13-11-20/h1-3,6-7,16,18,22H,4-5,8-15H2. The maximum atomic E-state index is 12.8. The van der Waals surface area contributed by atoms with Gasteiger partial charge in [0.2, 0.25) is 5.91 Å². The highest BCUT2D eigenvalue weighted by Crippen LogP contribution is 2.20. The zero-order chi connectivity index (χ0) is 17.5. The van der Waals surface area contributed by atoms with Crippen LogP contribution in [-0.2, 0) is 9.53 Å². The minimum absolute atomic E-state index is 0.127. The molecule has 0 aliphatic carbocycles. The van der Waals surface area contributed by atoms with Crippen LogP contribution in [0.25, 0.3) is 0 Å². The van der Waals surface area contributed by atoms with Crippen LogP contribution in [0.5, 0.6) is 5.75 Å². The van der Waals surface area contributed by atoms with E-state index in [1.165, 1.54) is 0 Å². The van der Waals surface area contributed by atoms with Crippen LogP contribution in [0.4, 0.5) is 0 Å². The van der Waals surface area contributed by atoms with Gasteiger partial charge in [0.1, 0.15) is 18.5 Å². The van der Waals surface area contributed by atoms with Gasteiger partial charge in [0.05, 0.1) is 19.3 Å². The number of piperidine rings is 1. The van der Waals surface area contributed by atoms with Gasteiger partial charge in [0, 0.05) is 19.6 Å². The zero-order valence-electron chi connectivity index (χ0n) is 14.7. The Bertz CT molecular complexity index is 533. The number of para-hydroxylation sites is 1. The topological polar surface area (TPSA) is 62.2 Å². The van der Waals surface area contributed by atoms with Crippen molar-refractivity contribution in [2.24, 2.45) is 0 Å². The molecule has 3 rings (SSSR count). The first kappa shape index (κ1) is 18.2. The van der Waals surface area contributed by atoms with Crippen molar-refractivity contribution in [3.05, 3.63) is 30.3 Å². The molecule has 0 saturated carbocycles. The predicted octanol–water partition coefficient (Wildman–Crippen LogP) is 1.14. The molecule has 2 aliphatic heterocycles. The van der Waals surface area contributed by atoms with Gasteiger partial charge >= 0.3 is 0 Å². The van der Waals surface area contributed by atoms with Gasteiger partial charge in [-0.05, 0) is 31.5 Å². The molecule has 2 heterocycles. The van der Waals surface area contributed by atoms with Gasteiger partial charge < -0.3 is 19.5 Å². The van der Waals surface area contributed by atoms with E-state index < -0.39 is 6.10 Å². The van der Waals surface area contributed by atoms with Crippen LogP contribution in [0.15, 0.2) is 30.3 Å². The molecule has 138 valence electrons. The number of hydrogen-bond acceptors (Lipinski definition) is 5. The van der Waals surface area contributed by atoms with E-state index >= 15 is 0 Å². The Balaban J connectivity index is 1.52. The number of morpholine rings is 1. The molecule has 2 aliphatic rings. The van der Waals surface area contributed by atoms with Gasteiger partial charge in [-0.25, -0.2) is 0 Å². The summed E-state index contributed by atoms with van der Waals surface area (Å²) in [6, 6.07) is 9.36. The van der Waals surface area contributed by atoms with Crippen molar-refractivity contribution < 1.29 is 19.4 Å². The van der Waals surface area contributed by atoms with Gasteiger partial charge in [0.15, 0.2) is 0 Å². The zero-order valence-corrected chi connectivity index (χ0v) is 14.7. The van der Waals surface area contributed by atoms with Crippen molar-refractivity contribution in [1.82, 2.24) is 9.80 Å². The normalized spacial score (nSPS) is 23.2. The summed E-state index contributed by atoms with van der Waals surface area (Å²) in [5.41, 5.74) is 0. The molecule has 1 N–H and O–H groups in total. The molecule has 0 radical (unpaired) electrons. The number of likely N-dealkylation sites (tertiary alicyclic amines) is 1. The number of hydrogen-bond donors (Lipinski definition) is 1. The SMILES string of the molecule is O=C(C1CCCCN1CC(O)COc1ccccc1)N1CCOCC1. The maximum Gasteiger partial charge on any atom is 0.240 e. The molecule has 25 heavy (non-hydrogen) atoms. The lowest BCUT2D eigenvalue weighted by Gasteiger charge is -2.39. The molecule has 1 amide bonds. The third-order valence-corrected chi connectivity index (χ3v) is 4.85. The fourth-order valence-corrected chi connectivity index (χ4v) is 3.52. The van der Waals surface area contributed by atoms with E-state index in [4.69, 9.17) is 9.47 Å². The van der Waals surface area contributed by atoms with Crippen molar-refractivity contribution in [3.8, 4) is 5.75 Å². The van der Waals surface area contributed by atoms with Crippen LogP contribution in [0.2, 0.25) is 0 Å². The lowest BCUT2D eigenvalue weighted by molar-refractivity contribution is -0.143. The van der Waals surface area contributed by atoms with E-state index in [0.29, 0.717) is 32.8 Å². The van der Waals surface area contributed by atoms with Crippen LogP contribution < -0.4 is 4.74 Å². The minimum Gasteiger partial charge on any atom is -0.491 e. The van der Waals surface area contributed by atoms with E-state index in [9.17, 15) is 9.90 Å². The molecular weight excluding hydrogens is 320 g/mol. The average molecular weight is 348 g/mol. The summed E-state index contributed by atoms with van der Waals surface area (Å²) in [7, 11) is 0. The van der Waals surface area contributed by atoms with Gasteiger partial charge in [0.25, 0.3) is 0 Å². The highest BCUT2D eigenvalue weighted by atomic mass is 16.5. The summed E-state index contributed by atoms with van der Waals surface area (Å²) < 4.78 is 11.0. The number of nitrogens with zero attached hydrogens (tertiary/aromatic N) is 2. The Labute approximate surface area is 149 Å². The summed E-state index contributed by atoms with van der Waals surface area (Å²) >= 11 is 0. The highest BCUT2D eigenvalue weighted by Gasteiger charge is 2.33. The summed E-state index contributed by atoms with van der Waals surface area (Å²) in [6.07, 6.45) is 2.38. The maximum absolute atomic E-state index is 12.8. The highest BCUT2D eigenvalue weighted by molar-refractivity contribution is 5.82. The first-order chi connectivity index (χ1) is 12.2. The molecule has 1 aromatic rings.